The van der Waals surface area contributed by atoms with E-state index in [1.165, 1.54) is 26.8 Å². The summed E-state index contributed by atoms with van der Waals surface area (Å²) in [5, 5.41) is 21.1. The number of carbonyl (C=O) groups is 2. The first-order valence-corrected chi connectivity index (χ1v) is 6.76. The topological polar surface area (TPSA) is 116 Å². The van der Waals surface area contributed by atoms with Crippen molar-refractivity contribution in [2.45, 2.75) is 26.6 Å². The van der Waals surface area contributed by atoms with Crippen molar-refractivity contribution in [3.63, 3.8) is 0 Å². The molecule has 1 aliphatic heterocycles. The molecule has 0 radical (unpaired) electrons. The zero-order valence-corrected chi connectivity index (χ0v) is 13.1. The summed E-state index contributed by atoms with van der Waals surface area (Å²) in [7, 11) is 0. The molecular formula is C14H12ClNO7. The van der Waals surface area contributed by atoms with Crippen LogP contribution in [0.25, 0.3) is 6.08 Å². The number of ether oxygens (including phenoxy) is 2. The lowest BCUT2D eigenvalue weighted by Crippen LogP contribution is -2.41. The number of nitrogens with zero attached hydrogens (tertiary/aromatic N) is 1. The molecule has 9 heteroatoms. The second-order valence-electron chi connectivity index (χ2n) is 5.26. The van der Waals surface area contributed by atoms with E-state index in [9.17, 15) is 24.8 Å². The summed E-state index contributed by atoms with van der Waals surface area (Å²) in [6, 6.07) is 1.20. The second-order valence-corrected chi connectivity index (χ2v) is 5.67. The molecule has 1 aromatic carbocycles. The molecule has 0 saturated carbocycles. The lowest BCUT2D eigenvalue weighted by Gasteiger charge is -2.29. The third-order valence-corrected chi connectivity index (χ3v) is 3.49. The number of carbonyl (C=O) groups excluding carboxylic acids is 2. The number of cyclic esters (lactones) is 2. The van der Waals surface area contributed by atoms with Crippen molar-refractivity contribution < 1.29 is 29.1 Å². The van der Waals surface area contributed by atoms with E-state index in [2.05, 4.69) is 0 Å². The number of aromatic hydroxyl groups is 1. The van der Waals surface area contributed by atoms with Crippen molar-refractivity contribution in [3.05, 3.63) is 37.9 Å². The van der Waals surface area contributed by atoms with Gasteiger partial charge in [0.05, 0.1) is 9.95 Å². The largest absolute Gasteiger partial charge is 0.502 e. The van der Waals surface area contributed by atoms with Gasteiger partial charge in [-0.25, -0.2) is 9.59 Å². The Bertz CT molecular complexity index is 745. The molecule has 1 heterocycles. The fourth-order valence-electron chi connectivity index (χ4n) is 2.01. The van der Waals surface area contributed by atoms with Gasteiger partial charge < -0.3 is 14.6 Å². The number of esters is 2. The van der Waals surface area contributed by atoms with E-state index < -0.39 is 39.7 Å². The van der Waals surface area contributed by atoms with Crippen LogP contribution in [0.4, 0.5) is 5.69 Å². The Kier molecular flexibility index (Phi) is 4.04. The van der Waals surface area contributed by atoms with Crippen molar-refractivity contribution in [2.24, 2.45) is 0 Å². The highest BCUT2D eigenvalue weighted by molar-refractivity contribution is 6.32. The molecule has 0 amide bonds. The van der Waals surface area contributed by atoms with Crippen molar-refractivity contribution in [2.75, 3.05) is 0 Å². The lowest BCUT2D eigenvalue weighted by molar-refractivity contribution is -0.386. The average Bonchev–Trinajstić information content (AvgIpc) is 2.38. The van der Waals surface area contributed by atoms with E-state index in [0.29, 0.717) is 0 Å². The quantitative estimate of drug-likeness (QED) is 0.289. The van der Waals surface area contributed by atoms with Crippen LogP contribution in [0.2, 0.25) is 5.02 Å². The molecule has 1 saturated heterocycles. The Morgan fingerprint density at radius 2 is 1.83 bits per heavy atom. The van der Waals surface area contributed by atoms with Crippen molar-refractivity contribution in [1.82, 2.24) is 0 Å². The highest BCUT2D eigenvalue weighted by Gasteiger charge is 2.39. The van der Waals surface area contributed by atoms with Gasteiger partial charge in [0, 0.05) is 25.0 Å². The van der Waals surface area contributed by atoms with Crippen LogP contribution in [-0.2, 0) is 19.1 Å². The standard InChI is InChI=1S/C14H12ClNO7/c1-6-9(15)5-7(11(17)10(6)16(20)21)4-8-12(18)22-14(2,3)23-13(8)19/h4-5,17H,1-3H3. The van der Waals surface area contributed by atoms with Crippen LogP contribution in [-0.4, -0.2) is 27.8 Å². The Morgan fingerprint density at radius 1 is 1.30 bits per heavy atom. The number of hydrogen-bond acceptors (Lipinski definition) is 7. The van der Waals surface area contributed by atoms with E-state index >= 15 is 0 Å². The van der Waals surface area contributed by atoms with Crippen LogP contribution in [0.15, 0.2) is 11.6 Å². The van der Waals surface area contributed by atoms with Crippen LogP contribution in [0.3, 0.4) is 0 Å². The molecule has 1 N–H and O–H groups in total. The Labute approximate surface area is 135 Å². The summed E-state index contributed by atoms with van der Waals surface area (Å²) in [6.07, 6.45) is 0.938. The zero-order valence-electron chi connectivity index (χ0n) is 12.4. The summed E-state index contributed by atoms with van der Waals surface area (Å²) >= 11 is 5.89. The number of nitro benzene ring substituents is 1. The Morgan fingerprint density at radius 3 is 2.30 bits per heavy atom. The Balaban J connectivity index is 2.58. The molecule has 8 nitrogen and oxygen atoms in total. The van der Waals surface area contributed by atoms with Gasteiger partial charge >= 0.3 is 17.6 Å². The summed E-state index contributed by atoms with van der Waals surface area (Å²) in [4.78, 5) is 34.0. The molecule has 1 aliphatic rings. The van der Waals surface area contributed by atoms with Gasteiger partial charge in [-0.3, -0.25) is 10.1 Å². The number of halogens is 1. The smallest absolute Gasteiger partial charge is 0.348 e. The predicted molar refractivity (Wildman–Crippen MR) is 78.7 cm³/mol. The van der Waals surface area contributed by atoms with E-state index in [1.54, 1.807) is 0 Å². The van der Waals surface area contributed by atoms with E-state index in [4.69, 9.17) is 21.1 Å². The minimum atomic E-state index is -1.41. The van der Waals surface area contributed by atoms with Gasteiger partial charge in [-0.2, -0.15) is 0 Å². The maximum atomic E-state index is 11.9. The van der Waals surface area contributed by atoms with Crippen molar-refractivity contribution in [3.8, 4) is 5.75 Å². The number of phenols is 1. The van der Waals surface area contributed by atoms with Gasteiger partial charge in [-0.05, 0) is 19.1 Å². The maximum absolute atomic E-state index is 11.9. The summed E-state index contributed by atoms with van der Waals surface area (Å²) in [5.74, 6) is -4.06. The minimum Gasteiger partial charge on any atom is -0.502 e. The number of benzene rings is 1. The molecule has 0 spiro atoms. The molecule has 0 aromatic heterocycles. The molecule has 0 aliphatic carbocycles. The zero-order chi connectivity index (χ0) is 17.5. The first-order valence-electron chi connectivity index (χ1n) is 6.38. The molecule has 2 rings (SSSR count). The number of rotatable bonds is 2. The van der Waals surface area contributed by atoms with Crippen molar-refractivity contribution >= 4 is 35.3 Å². The van der Waals surface area contributed by atoms with Crippen LogP contribution < -0.4 is 0 Å². The number of phenolic OH excluding ortho intramolecular Hbond substituents is 1. The monoisotopic (exact) mass is 341 g/mol. The van der Waals surface area contributed by atoms with Gasteiger partial charge in [-0.1, -0.05) is 11.6 Å². The molecule has 122 valence electrons. The van der Waals surface area contributed by atoms with Crippen molar-refractivity contribution in [1.29, 1.82) is 0 Å². The first-order chi connectivity index (χ1) is 10.5. The van der Waals surface area contributed by atoms with E-state index in [-0.39, 0.29) is 16.1 Å². The predicted octanol–water partition coefficient (Wildman–Crippen LogP) is 2.48. The van der Waals surface area contributed by atoms with Crippen LogP contribution in [0.5, 0.6) is 5.75 Å². The summed E-state index contributed by atoms with van der Waals surface area (Å²) < 4.78 is 9.80. The summed E-state index contributed by atoms with van der Waals surface area (Å²) in [6.45, 7) is 4.12. The third kappa shape index (κ3) is 3.11. The highest BCUT2D eigenvalue weighted by Crippen LogP contribution is 2.39. The summed E-state index contributed by atoms with van der Waals surface area (Å²) in [5.41, 5.74) is -1.22. The molecule has 0 unspecified atom stereocenters. The number of nitro groups is 1. The first kappa shape index (κ1) is 16.8. The highest BCUT2D eigenvalue weighted by atomic mass is 35.5. The maximum Gasteiger partial charge on any atom is 0.348 e. The number of hydrogen-bond donors (Lipinski definition) is 1. The molecule has 0 atom stereocenters. The molecule has 0 bridgehead atoms. The SMILES string of the molecule is Cc1c(Cl)cc(C=C2C(=O)OC(C)(C)OC2=O)c(O)c1[N+](=O)[O-]. The molecular weight excluding hydrogens is 330 g/mol. The van der Waals surface area contributed by atoms with E-state index in [1.807, 2.05) is 0 Å². The van der Waals surface area contributed by atoms with Gasteiger partial charge in [0.15, 0.2) is 0 Å². The van der Waals surface area contributed by atoms with E-state index in [0.717, 1.165) is 6.08 Å². The van der Waals surface area contributed by atoms with Gasteiger partial charge in [0.1, 0.15) is 5.57 Å². The third-order valence-electron chi connectivity index (χ3n) is 3.09. The van der Waals surface area contributed by atoms with Crippen LogP contribution >= 0.6 is 11.6 Å². The Hall–Kier alpha value is -2.61. The lowest BCUT2D eigenvalue weighted by atomic mass is 10.0. The van der Waals surface area contributed by atoms with Crippen LogP contribution in [0.1, 0.15) is 25.0 Å². The molecule has 23 heavy (non-hydrogen) atoms. The molecule has 1 fully saturated rings. The molecule has 1 aromatic rings. The fourth-order valence-corrected chi connectivity index (χ4v) is 2.22. The fraction of sp³-hybridized carbons (Fsp3) is 0.286. The minimum absolute atomic E-state index is 0.000719. The van der Waals surface area contributed by atoms with Gasteiger partial charge in [-0.15, -0.1) is 0 Å². The van der Waals surface area contributed by atoms with Gasteiger partial charge in [0.2, 0.25) is 5.75 Å². The van der Waals surface area contributed by atoms with Gasteiger partial charge in [0.25, 0.3) is 5.79 Å². The normalized spacial score (nSPS) is 16.6. The second kappa shape index (κ2) is 5.54. The van der Waals surface area contributed by atoms with Crippen LogP contribution in [0, 0.1) is 17.0 Å². The average molecular weight is 342 g/mol.